The van der Waals surface area contributed by atoms with Crippen LogP contribution in [0.3, 0.4) is 0 Å². The van der Waals surface area contributed by atoms with Gasteiger partial charge in [-0.25, -0.2) is 4.79 Å². The number of likely N-dealkylation sites (N-methyl/N-ethyl adjacent to an activating group) is 2. The maximum Gasteiger partial charge on any atom is 0.332 e. The minimum absolute atomic E-state index is 0.0490. The monoisotopic (exact) mass is 983 g/mol. The Kier molecular flexibility index (Phi) is 24.9. The lowest BCUT2D eigenvalue weighted by molar-refractivity contribution is -0.319. The first-order valence-corrected chi connectivity index (χ1v) is 24.5. The summed E-state index contributed by atoms with van der Waals surface area (Å²) in [7, 11) is 7.05. The van der Waals surface area contributed by atoms with Gasteiger partial charge in [-0.15, -0.1) is 0 Å². The fourth-order valence-corrected chi connectivity index (χ4v) is 9.91. The van der Waals surface area contributed by atoms with Gasteiger partial charge in [0.05, 0.1) is 100 Å². The lowest BCUT2D eigenvalue weighted by Gasteiger charge is -2.49. The summed E-state index contributed by atoms with van der Waals surface area (Å²) in [4.78, 5) is 31.9. The van der Waals surface area contributed by atoms with Gasteiger partial charge in [0.2, 0.25) is 0 Å². The van der Waals surface area contributed by atoms with Crippen molar-refractivity contribution in [2.75, 3.05) is 94.3 Å². The fourth-order valence-electron chi connectivity index (χ4n) is 9.91. The number of rotatable bonds is 21. The number of hydrogen-bond donors (Lipinski definition) is 5. The van der Waals surface area contributed by atoms with Gasteiger partial charge in [0, 0.05) is 32.0 Å². The highest BCUT2D eigenvalue weighted by Crippen LogP contribution is 2.40. The predicted octanol–water partition coefficient (Wildman–Crippen LogP) is 1.51. The molecule has 0 bridgehead atoms. The van der Waals surface area contributed by atoms with Crippen LogP contribution in [0.4, 0.5) is 0 Å². The van der Waals surface area contributed by atoms with Crippen LogP contribution in [0.15, 0.2) is 0 Å². The van der Waals surface area contributed by atoms with Crippen molar-refractivity contribution < 1.29 is 87.2 Å². The zero-order valence-electron chi connectivity index (χ0n) is 43.5. The second kappa shape index (κ2) is 27.9. The van der Waals surface area contributed by atoms with Gasteiger partial charge in [-0.05, 0) is 94.8 Å². The van der Waals surface area contributed by atoms with Gasteiger partial charge in [0.25, 0.3) is 0 Å². The zero-order chi connectivity index (χ0) is 51.1. The second-order valence-corrected chi connectivity index (χ2v) is 20.2. The molecule has 3 heterocycles. The first-order valence-electron chi connectivity index (χ1n) is 24.5. The highest BCUT2D eigenvalue weighted by atomic mass is 16.7. The van der Waals surface area contributed by atoms with Crippen LogP contribution >= 0.6 is 0 Å². The van der Waals surface area contributed by atoms with E-state index in [9.17, 15) is 30.0 Å². The molecule has 400 valence electrons. The van der Waals surface area contributed by atoms with E-state index in [1.807, 2.05) is 44.8 Å². The van der Waals surface area contributed by atoms with E-state index in [0.29, 0.717) is 39.4 Å². The van der Waals surface area contributed by atoms with E-state index in [1.54, 1.807) is 48.5 Å². The van der Waals surface area contributed by atoms with Crippen LogP contribution in [-0.2, 0) is 61.7 Å². The summed E-state index contributed by atoms with van der Waals surface area (Å²) in [6.07, 6.45) is -9.13. The third kappa shape index (κ3) is 16.9. The summed E-state index contributed by atoms with van der Waals surface area (Å²) in [5, 5.41) is 56.2. The Morgan fingerprint density at radius 1 is 0.838 bits per heavy atom. The molecular weight excluding hydrogens is 893 g/mol. The van der Waals surface area contributed by atoms with Crippen LogP contribution in [-0.4, -0.2) is 232 Å². The SMILES string of the molecule is CC[C@H]1OC(=O)[C@H](C)[C@@H](O[C@H]2C[C@@](C)(OC)[C@@H](O)[C@H](C)O2)[C@H](C)[C@@H](O[C@@H]2O[C@H](C)C[C@H](N(C)C)[C@H]2OC(=O)COCCOCCOCCOCCO)[C@](C)(O)C[C@@H](C)CN(C)[C@H](C)[C@@H](O)[C@]1(C)O. The summed E-state index contributed by atoms with van der Waals surface area (Å²) >= 11 is 0. The van der Waals surface area contributed by atoms with Crippen LogP contribution < -0.4 is 0 Å². The summed E-state index contributed by atoms with van der Waals surface area (Å²) in [5.74, 6) is -3.56. The maximum atomic E-state index is 14.5. The summed E-state index contributed by atoms with van der Waals surface area (Å²) in [6.45, 7) is 19.3. The number of hydrogen-bond acceptors (Lipinski definition) is 20. The van der Waals surface area contributed by atoms with Gasteiger partial charge in [-0.2, -0.15) is 0 Å². The third-order valence-electron chi connectivity index (χ3n) is 14.0. The van der Waals surface area contributed by atoms with Crippen LogP contribution in [0.25, 0.3) is 0 Å². The Hall–Kier alpha value is -1.70. The van der Waals surface area contributed by atoms with Crippen molar-refractivity contribution in [2.24, 2.45) is 17.8 Å². The average molecular weight is 983 g/mol. The molecule has 3 rings (SSSR count). The lowest BCUT2D eigenvalue weighted by Crippen LogP contribution is -2.61. The lowest BCUT2D eigenvalue weighted by atomic mass is 9.77. The molecule has 3 saturated heterocycles. The number of ether oxygens (including phenoxy) is 11. The van der Waals surface area contributed by atoms with E-state index < -0.39 is 102 Å². The second-order valence-electron chi connectivity index (χ2n) is 20.2. The molecule has 20 heteroatoms. The maximum absolute atomic E-state index is 14.5. The quantitative estimate of drug-likeness (QED) is 0.0809. The molecule has 20 nitrogen and oxygen atoms in total. The molecule has 0 radical (unpaired) electrons. The number of aliphatic hydroxyl groups is 5. The Morgan fingerprint density at radius 2 is 1.43 bits per heavy atom. The minimum Gasteiger partial charge on any atom is -0.459 e. The molecule has 3 aliphatic heterocycles. The molecule has 0 saturated carbocycles. The molecule has 0 unspecified atom stereocenters. The highest BCUT2D eigenvalue weighted by Gasteiger charge is 2.53. The molecule has 18 atom stereocenters. The number of methoxy groups -OCH3 is 1. The van der Waals surface area contributed by atoms with E-state index >= 15 is 0 Å². The molecular formula is C48H90N2O18. The number of cyclic esters (lactones) is 1. The molecule has 0 aromatic rings. The Labute approximate surface area is 405 Å². The van der Waals surface area contributed by atoms with E-state index in [4.69, 9.17) is 57.2 Å². The predicted molar refractivity (Wildman–Crippen MR) is 248 cm³/mol. The fraction of sp³-hybridized carbons (Fsp3) is 0.958. The van der Waals surface area contributed by atoms with Crippen LogP contribution in [0.2, 0.25) is 0 Å². The first-order chi connectivity index (χ1) is 31.8. The number of carbonyl (C=O) groups is 2. The van der Waals surface area contributed by atoms with Crippen molar-refractivity contribution >= 4 is 11.9 Å². The average Bonchev–Trinajstić information content (AvgIpc) is 3.27. The smallest absolute Gasteiger partial charge is 0.332 e. The van der Waals surface area contributed by atoms with Gasteiger partial charge in [0.1, 0.15) is 30.5 Å². The standard InChI is InChI=1S/C48H90N2O18/c1-15-36-48(10,57)41(53)33(6)50(13)27-29(2)25-46(8,56)43(31(4)39(32(5)44(55)65-36)67-38-26-47(9,58-14)42(54)34(7)64-38)68-45-40(35(49(11)12)24-30(3)63-45)66-37(52)28-62-23-22-61-21-20-60-19-18-59-17-16-51/h29-36,38-43,45,51,53-54,56-57H,15-28H2,1-14H3/t29-,30-,31+,32-,33-,34+,35+,36-,38+,39+,40-,41-,42+,43-,45+,46-,47-,48-/m1/s1. The van der Waals surface area contributed by atoms with Crippen molar-refractivity contribution in [1.29, 1.82) is 0 Å². The molecule has 5 N–H and O–H groups in total. The molecule has 0 aromatic carbocycles. The van der Waals surface area contributed by atoms with Gasteiger partial charge in [-0.1, -0.05) is 20.8 Å². The van der Waals surface area contributed by atoms with Crippen LogP contribution in [0, 0.1) is 17.8 Å². The molecule has 0 aromatic heterocycles. The van der Waals surface area contributed by atoms with Gasteiger partial charge < -0.3 is 87.4 Å². The van der Waals surface area contributed by atoms with Crippen molar-refractivity contribution in [3.8, 4) is 0 Å². The largest absolute Gasteiger partial charge is 0.459 e. The van der Waals surface area contributed by atoms with Crippen LogP contribution in [0.5, 0.6) is 0 Å². The van der Waals surface area contributed by atoms with Crippen molar-refractivity contribution in [3.63, 3.8) is 0 Å². The topological polar surface area (TPSA) is 243 Å². The number of aliphatic hydroxyl groups excluding tert-OH is 3. The zero-order valence-corrected chi connectivity index (χ0v) is 43.5. The van der Waals surface area contributed by atoms with E-state index in [-0.39, 0.29) is 70.4 Å². The molecule has 0 amide bonds. The first kappa shape index (κ1) is 60.6. The number of esters is 2. The van der Waals surface area contributed by atoms with Gasteiger partial charge >= 0.3 is 11.9 Å². The molecule has 3 aliphatic rings. The van der Waals surface area contributed by atoms with Gasteiger partial charge in [-0.3, -0.25) is 4.79 Å². The van der Waals surface area contributed by atoms with Gasteiger partial charge in [0.15, 0.2) is 18.7 Å². The Balaban J connectivity index is 2.01. The highest BCUT2D eigenvalue weighted by molar-refractivity contribution is 5.73. The molecule has 0 aliphatic carbocycles. The summed E-state index contributed by atoms with van der Waals surface area (Å²) in [5.41, 5.74) is -4.60. The summed E-state index contributed by atoms with van der Waals surface area (Å²) < 4.78 is 66.4. The van der Waals surface area contributed by atoms with Crippen molar-refractivity contribution in [2.45, 2.75) is 185 Å². The Morgan fingerprint density at radius 3 is 1.99 bits per heavy atom. The number of carbonyl (C=O) groups excluding carboxylic acids is 2. The third-order valence-corrected chi connectivity index (χ3v) is 14.0. The van der Waals surface area contributed by atoms with E-state index in [2.05, 4.69) is 0 Å². The summed E-state index contributed by atoms with van der Waals surface area (Å²) in [6, 6.07) is -0.977. The minimum atomic E-state index is -1.85. The van der Waals surface area contributed by atoms with Crippen molar-refractivity contribution in [1.82, 2.24) is 9.80 Å². The van der Waals surface area contributed by atoms with Crippen LogP contribution in [0.1, 0.15) is 94.9 Å². The van der Waals surface area contributed by atoms with Crippen molar-refractivity contribution in [3.05, 3.63) is 0 Å². The normalized spacial score (nSPS) is 40.6. The molecule has 0 spiro atoms. The number of nitrogens with zero attached hydrogens (tertiary/aromatic N) is 2. The Bertz CT molecular complexity index is 1480. The van der Waals surface area contributed by atoms with E-state index in [1.165, 1.54) is 14.0 Å². The molecule has 68 heavy (non-hydrogen) atoms. The van der Waals surface area contributed by atoms with E-state index in [0.717, 1.165) is 0 Å². The molecule has 3 fully saturated rings.